The largest absolute Gasteiger partial charge is 0.481 e. The van der Waals surface area contributed by atoms with Crippen LogP contribution in [0.3, 0.4) is 0 Å². The second-order valence-corrected chi connectivity index (χ2v) is 5.26. The van der Waals surface area contributed by atoms with Gasteiger partial charge >= 0.3 is 5.97 Å². The molecular formula is C14H18O3. The number of aliphatic carboxylic acids is 1. The first-order valence-electron chi connectivity index (χ1n) is 5.98. The average molecular weight is 234 g/mol. The van der Waals surface area contributed by atoms with E-state index in [1.54, 1.807) is 6.92 Å². The van der Waals surface area contributed by atoms with Crippen LogP contribution in [0.1, 0.15) is 38.2 Å². The van der Waals surface area contributed by atoms with E-state index < -0.39 is 17.0 Å². The van der Waals surface area contributed by atoms with Crippen molar-refractivity contribution in [2.75, 3.05) is 0 Å². The molecule has 1 atom stereocenters. The fraction of sp³-hybridized carbons (Fsp3) is 0.500. The lowest BCUT2D eigenvalue weighted by Crippen LogP contribution is -2.43. The maximum Gasteiger partial charge on any atom is 0.309 e. The van der Waals surface area contributed by atoms with Gasteiger partial charge in [-0.15, -0.1) is 0 Å². The fourth-order valence-electron chi connectivity index (χ4n) is 2.63. The van der Waals surface area contributed by atoms with E-state index >= 15 is 0 Å². The topological polar surface area (TPSA) is 57.5 Å². The quantitative estimate of drug-likeness (QED) is 0.841. The van der Waals surface area contributed by atoms with E-state index in [1.165, 1.54) is 0 Å². The molecule has 1 saturated carbocycles. The van der Waals surface area contributed by atoms with Crippen LogP contribution in [-0.2, 0) is 10.4 Å². The Labute approximate surface area is 101 Å². The molecule has 0 heterocycles. The van der Waals surface area contributed by atoms with Gasteiger partial charge in [0.1, 0.15) is 0 Å². The first-order chi connectivity index (χ1) is 7.96. The third kappa shape index (κ3) is 2.20. The molecule has 1 aromatic carbocycles. The molecule has 3 heteroatoms. The van der Waals surface area contributed by atoms with E-state index in [-0.39, 0.29) is 0 Å². The molecule has 0 radical (unpaired) electrons. The Balaban J connectivity index is 2.20. The lowest BCUT2D eigenvalue weighted by Gasteiger charge is -2.42. The minimum atomic E-state index is -1.07. The Kier molecular flexibility index (Phi) is 2.96. The summed E-state index contributed by atoms with van der Waals surface area (Å²) in [7, 11) is 0. The van der Waals surface area contributed by atoms with Gasteiger partial charge in [-0.3, -0.25) is 4.79 Å². The van der Waals surface area contributed by atoms with Crippen LogP contribution >= 0.6 is 0 Å². The molecule has 1 aliphatic carbocycles. The van der Waals surface area contributed by atoms with Gasteiger partial charge in [-0.05, 0) is 31.7 Å². The number of carbonyl (C=O) groups is 1. The van der Waals surface area contributed by atoms with E-state index in [1.807, 2.05) is 30.3 Å². The predicted octanol–water partition coefficient (Wildman–Crippen LogP) is 2.54. The Morgan fingerprint density at radius 1 is 1.35 bits per heavy atom. The van der Waals surface area contributed by atoms with Crippen LogP contribution in [0.4, 0.5) is 0 Å². The van der Waals surface area contributed by atoms with E-state index in [2.05, 4.69) is 0 Å². The van der Waals surface area contributed by atoms with Gasteiger partial charge in [0.2, 0.25) is 0 Å². The summed E-state index contributed by atoms with van der Waals surface area (Å²) >= 11 is 0. The highest BCUT2D eigenvalue weighted by molar-refractivity contribution is 5.75. The molecule has 2 N–H and O–H groups in total. The first kappa shape index (κ1) is 12.1. The molecule has 92 valence electrons. The average Bonchev–Trinajstić information content (AvgIpc) is 2.24. The van der Waals surface area contributed by atoms with Gasteiger partial charge in [-0.2, -0.15) is 0 Å². The lowest BCUT2D eigenvalue weighted by atomic mass is 9.62. The summed E-state index contributed by atoms with van der Waals surface area (Å²) in [5, 5.41) is 19.8. The highest BCUT2D eigenvalue weighted by Gasteiger charge is 2.48. The molecule has 1 fully saturated rings. The van der Waals surface area contributed by atoms with Crippen molar-refractivity contribution in [3.05, 3.63) is 35.9 Å². The van der Waals surface area contributed by atoms with E-state index in [0.717, 1.165) is 12.0 Å². The molecule has 0 saturated heterocycles. The number of aliphatic hydroxyl groups is 1. The van der Waals surface area contributed by atoms with Gasteiger partial charge in [0, 0.05) is 0 Å². The highest BCUT2D eigenvalue weighted by atomic mass is 16.4. The summed E-state index contributed by atoms with van der Waals surface area (Å²) in [6.45, 7) is 1.70. The van der Waals surface area contributed by atoms with Crippen molar-refractivity contribution in [2.45, 2.75) is 38.2 Å². The van der Waals surface area contributed by atoms with Crippen molar-refractivity contribution < 1.29 is 15.0 Å². The van der Waals surface area contributed by atoms with Crippen LogP contribution < -0.4 is 0 Å². The summed E-state index contributed by atoms with van der Waals surface area (Å²) in [6.07, 6.45) is 2.58. The SMILES string of the molecule is CC(O)(CC1(C(=O)O)CCC1)c1ccccc1. The minimum Gasteiger partial charge on any atom is -0.481 e. The van der Waals surface area contributed by atoms with Crippen molar-refractivity contribution >= 4 is 5.97 Å². The molecular weight excluding hydrogens is 216 g/mol. The first-order valence-corrected chi connectivity index (χ1v) is 5.98. The smallest absolute Gasteiger partial charge is 0.309 e. The molecule has 0 spiro atoms. The zero-order valence-electron chi connectivity index (χ0n) is 10.0. The summed E-state index contributed by atoms with van der Waals surface area (Å²) in [6, 6.07) is 9.29. The van der Waals surface area contributed by atoms with Gasteiger partial charge < -0.3 is 10.2 Å². The second kappa shape index (κ2) is 4.15. The molecule has 2 rings (SSSR count). The zero-order chi connectivity index (χ0) is 12.5. The molecule has 0 aliphatic heterocycles. The van der Waals surface area contributed by atoms with Crippen LogP contribution in [0, 0.1) is 5.41 Å². The molecule has 1 aromatic rings. The maximum atomic E-state index is 11.3. The van der Waals surface area contributed by atoms with Gasteiger partial charge in [-0.25, -0.2) is 0 Å². The van der Waals surface area contributed by atoms with Crippen molar-refractivity contribution in [1.82, 2.24) is 0 Å². The highest BCUT2D eigenvalue weighted by Crippen LogP contribution is 2.49. The normalized spacial score (nSPS) is 21.3. The Morgan fingerprint density at radius 3 is 2.35 bits per heavy atom. The number of carboxylic acid groups (broad SMARTS) is 1. The number of carboxylic acids is 1. The predicted molar refractivity (Wildman–Crippen MR) is 64.5 cm³/mol. The second-order valence-electron chi connectivity index (χ2n) is 5.26. The minimum absolute atomic E-state index is 0.291. The Bertz CT molecular complexity index is 405. The maximum absolute atomic E-state index is 11.3. The van der Waals surface area contributed by atoms with E-state index in [0.29, 0.717) is 19.3 Å². The van der Waals surface area contributed by atoms with Crippen LogP contribution in [0.5, 0.6) is 0 Å². The number of benzene rings is 1. The summed E-state index contributed by atoms with van der Waals surface area (Å²) in [5.74, 6) is -0.778. The van der Waals surface area contributed by atoms with Gasteiger partial charge in [0.15, 0.2) is 0 Å². The third-order valence-corrected chi connectivity index (χ3v) is 3.84. The number of hydrogen-bond donors (Lipinski definition) is 2. The van der Waals surface area contributed by atoms with Crippen LogP contribution in [-0.4, -0.2) is 16.2 Å². The van der Waals surface area contributed by atoms with Crippen LogP contribution in [0.25, 0.3) is 0 Å². The van der Waals surface area contributed by atoms with E-state index in [9.17, 15) is 15.0 Å². The fourth-order valence-corrected chi connectivity index (χ4v) is 2.63. The monoisotopic (exact) mass is 234 g/mol. The van der Waals surface area contributed by atoms with Gasteiger partial charge in [-0.1, -0.05) is 36.8 Å². The number of hydrogen-bond acceptors (Lipinski definition) is 2. The van der Waals surface area contributed by atoms with Crippen LogP contribution in [0.2, 0.25) is 0 Å². The molecule has 0 amide bonds. The van der Waals surface area contributed by atoms with Gasteiger partial charge in [0.05, 0.1) is 11.0 Å². The Hall–Kier alpha value is -1.35. The van der Waals surface area contributed by atoms with Crippen molar-refractivity contribution in [3.8, 4) is 0 Å². The van der Waals surface area contributed by atoms with Crippen molar-refractivity contribution in [1.29, 1.82) is 0 Å². The Morgan fingerprint density at radius 2 is 1.94 bits per heavy atom. The molecule has 17 heavy (non-hydrogen) atoms. The van der Waals surface area contributed by atoms with Crippen molar-refractivity contribution in [2.24, 2.45) is 5.41 Å². The third-order valence-electron chi connectivity index (χ3n) is 3.84. The van der Waals surface area contributed by atoms with Gasteiger partial charge in [0.25, 0.3) is 0 Å². The van der Waals surface area contributed by atoms with Crippen molar-refractivity contribution in [3.63, 3.8) is 0 Å². The summed E-state index contributed by atoms with van der Waals surface area (Å²) in [4.78, 5) is 11.3. The molecule has 3 nitrogen and oxygen atoms in total. The number of rotatable bonds is 4. The molecule has 1 unspecified atom stereocenters. The molecule has 0 bridgehead atoms. The lowest BCUT2D eigenvalue weighted by molar-refractivity contribution is -0.160. The van der Waals surface area contributed by atoms with E-state index in [4.69, 9.17) is 0 Å². The molecule has 1 aliphatic rings. The molecule has 0 aromatic heterocycles. The summed E-state index contributed by atoms with van der Waals surface area (Å²) in [5.41, 5.74) is -1.01. The van der Waals surface area contributed by atoms with Crippen LogP contribution in [0.15, 0.2) is 30.3 Å². The zero-order valence-corrected chi connectivity index (χ0v) is 10.0. The standard InChI is InChI=1S/C14H18O3/c1-13(17,11-6-3-2-4-7-11)10-14(12(15)16)8-5-9-14/h2-4,6-7,17H,5,8-10H2,1H3,(H,15,16). The summed E-state index contributed by atoms with van der Waals surface area (Å²) < 4.78 is 0.